The summed E-state index contributed by atoms with van der Waals surface area (Å²) in [4.78, 5) is 12.2. The second-order valence-corrected chi connectivity index (χ2v) is 7.93. The van der Waals surface area contributed by atoms with Crippen molar-refractivity contribution in [2.24, 2.45) is 0 Å². The van der Waals surface area contributed by atoms with Crippen molar-refractivity contribution in [2.75, 3.05) is 11.1 Å². The lowest BCUT2D eigenvalue weighted by molar-refractivity contribution is -0.115. The Bertz CT molecular complexity index is 814. The van der Waals surface area contributed by atoms with Gasteiger partial charge < -0.3 is 5.32 Å². The number of hydrogen-bond donors (Lipinski definition) is 1. The Balaban J connectivity index is 2.01. The minimum absolute atomic E-state index is 0.0989. The Morgan fingerprint density at radius 2 is 1.74 bits per heavy atom. The Hall–Kier alpha value is -1.85. The van der Waals surface area contributed by atoms with Gasteiger partial charge in [0.25, 0.3) is 0 Å². The first-order valence-electron chi connectivity index (χ1n) is 7.13. The fraction of sp³-hybridized carbons (Fsp3) is 0.235. The van der Waals surface area contributed by atoms with Crippen molar-refractivity contribution >= 4 is 33.0 Å². The molecule has 0 spiro atoms. The fourth-order valence-corrected chi connectivity index (χ4v) is 3.44. The van der Waals surface area contributed by atoms with E-state index in [1.807, 2.05) is 32.0 Å². The maximum absolute atomic E-state index is 12.2. The molecular formula is C17H18ClNO3S. The van der Waals surface area contributed by atoms with Crippen LogP contribution in [0.2, 0.25) is 5.02 Å². The Kier molecular flexibility index (Phi) is 5.44. The maximum Gasteiger partial charge on any atom is 0.225 e. The third-order valence-electron chi connectivity index (χ3n) is 3.44. The van der Waals surface area contributed by atoms with E-state index in [9.17, 15) is 13.2 Å². The molecule has 0 atom stereocenters. The normalized spacial score (nSPS) is 11.3. The van der Waals surface area contributed by atoms with Crippen LogP contribution in [0.25, 0.3) is 0 Å². The van der Waals surface area contributed by atoms with Crippen LogP contribution in [-0.2, 0) is 14.6 Å². The molecule has 0 aliphatic heterocycles. The molecule has 23 heavy (non-hydrogen) atoms. The lowest BCUT2D eigenvalue weighted by atomic mass is 10.1. The van der Waals surface area contributed by atoms with Gasteiger partial charge in [-0.1, -0.05) is 23.7 Å². The monoisotopic (exact) mass is 351 g/mol. The summed E-state index contributed by atoms with van der Waals surface area (Å²) in [6.07, 6.45) is -0.0989. The third kappa shape index (κ3) is 4.81. The topological polar surface area (TPSA) is 63.2 Å². The molecule has 0 aliphatic rings. The van der Waals surface area contributed by atoms with Crippen LogP contribution in [0.5, 0.6) is 0 Å². The number of benzene rings is 2. The van der Waals surface area contributed by atoms with Gasteiger partial charge in [0.15, 0.2) is 9.84 Å². The molecule has 0 aromatic heterocycles. The summed E-state index contributed by atoms with van der Waals surface area (Å²) in [6.45, 7) is 3.82. The summed E-state index contributed by atoms with van der Waals surface area (Å²) in [5, 5.41) is 3.23. The minimum atomic E-state index is -3.50. The van der Waals surface area contributed by atoms with Crippen LogP contribution in [0.4, 0.5) is 5.69 Å². The van der Waals surface area contributed by atoms with Crippen molar-refractivity contribution in [3.8, 4) is 0 Å². The molecule has 2 rings (SSSR count). The average molecular weight is 352 g/mol. The number of carbonyl (C=O) groups excluding carboxylic acids is 1. The third-order valence-corrected chi connectivity index (χ3v) is 5.42. The standard InChI is InChI=1S/C17H18ClNO3S/c1-12-3-4-13(2)16(11-12)19-17(20)9-10-23(21,22)15-7-5-14(18)6-8-15/h3-8,11H,9-10H2,1-2H3,(H,19,20). The van der Waals surface area contributed by atoms with E-state index in [2.05, 4.69) is 5.32 Å². The summed E-state index contributed by atoms with van der Waals surface area (Å²) in [5.74, 6) is -0.568. The van der Waals surface area contributed by atoms with E-state index in [1.54, 1.807) is 0 Å². The number of nitrogens with one attached hydrogen (secondary N) is 1. The molecule has 2 aromatic carbocycles. The smallest absolute Gasteiger partial charge is 0.225 e. The quantitative estimate of drug-likeness (QED) is 0.892. The van der Waals surface area contributed by atoms with Gasteiger partial charge in [0.1, 0.15) is 0 Å². The summed E-state index contributed by atoms with van der Waals surface area (Å²) < 4.78 is 24.4. The zero-order chi connectivity index (χ0) is 17.0. The Morgan fingerprint density at radius 3 is 2.39 bits per heavy atom. The van der Waals surface area contributed by atoms with Crippen LogP contribution in [0, 0.1) is 13.8 Å². The Morgan fingerprint density at radius 1 is 1.09 bits per heavy atom. The van der Waals surface area contributed by atoms with Crippen LogP contribution >= 0.6 is 11.6 Å². The van der Waals surface area contributed by atoms with Crippen molar-refractivity contribution in [1.29, 1.82) is 0 Å². The molecule has 6 heteroatoms. The number of carbonyl (C=O) groups is 1. The van der Waals surface area contributed by atoms with Crippen molar-refractivity contribution in [3.63, 3.8) is 0 Å². The van der Waals surface area contributed by atoms with E-state index in [-0.39, 0.29) is 23.0 Å². The summed E-state index contributed by atoms with van der Waals surface area (Å²) in [6, 6.07) is 11.7. The van der Waals surface area contributed by atoms with E-state index in [0.717, 1.165) is 11.1 Å². The van der Waals surface area contributed by atoms with Gasteiger partial charge >= 0.3 is 0 Å². The lowest BCUT2D eigenvalue weighted by Crippen LogP contribution is -2.18. The molecule has 0 heterocycles. The van der Waals surface area contributed by atoms with E-state index in [1.165, 1.54) is 24.3 Å². The lowest BCUT2D eigenvalue weighted by Gasteiger charge is -2.10. The van der Waals surface area contributed by atoms with Crippen LogP contribution in [0.3, 0.4) is 0 Å². The molecule has 2 aromatic rings. The second kappa shape index (κ2) is 7.15. The number of hydrogen-bond acceptors (Lipinski definition) is 3. The van der Waals surface area contributed by atoms with Gasteiger partial charge in [-0.15, -0.1) is 0 Å². The van der Waals surface area contributed by atoms with Crippen LogP contribution in [-0.4, -0.2) is 20.1 Å². The van der Waals surface area contributed by atoms with Gasteiger partial charge in [0.05, 0.1) is 10.6 Å². The van der Waals surface area contributed by atoms with Crippen molar-refractivity contribution in [3.05, 3.63) is 58.6 Å². The van der Waals surface area contributed by atoms with Crippen LogP contribution in [0.1, 0.15) is 17.5 Å². The first kappa shape index (κ1) is 17.5. The van der Waals surface area contributed by atoms with Crippen LogP contribution in [0.15, 0.2) is 47.4 Å². The first-order chi connectivity index (χ1) is 10.8. The largest absolute Gasteiger partial charge is 0.326 e. The molecule has 0 aliphatic carbocycles. The van der Waals surface area contributed by atoms with Gasteiger partial charge in [-0.05, 0) is 55.3 Å². The number of anilines is 1. The molecule has 0 saturated carbocycles. The molecule has 0 saturated heterocycles. The average Bonchev–Trinajstić information content (AvgIpc) is 2.49. The maximum atomic E-state index is 12.2. The van der Waals surface area contributed by atoms with E-state index < -0.39 is 9.84 Å². The molecule has 0 unspecified atom stereocenters. The number of rotatable bonds is 5. The van der Waals surface area contributed by atoms with E-state index >= 15 is 0 Å². The zero-order valence-corrected chi connectivity index (χ0v) is 14.5. The molecule has 122 valence electrons. The zero-order valence-electron chi connectivity index (χ0n) is 13.0. The SMILES string of the molecule is Cc1ccc(C)c(NC(=O)CCS(=O)(=O)c2ccc(Cl)cc2)c1. The highest BCUT2D eigenvalue weighted by molar-refractivity contribution is 7.91. The molecule has 0 bridgehead atoms. The predicted octanol–water partition coefficient (Wildman–Crippen LogP) is 3.76. The molecule has 0 radical (unpaired) electrons. The van der Waals surface area contributed by atoms with Gasteiger partial charge in [-0.2, -0.15) is 0 Å². The Labute approximate surface area is 141 Å². The highest BCUT2D eigenvalue weighted by Gasteiger charge is 2.16. The van der Waals surface area contributed by atoms with Crippen molar-refractivity contribution < 1.29 is 13.2 Å². The van der Waals surface area contributed by atoms with Gasteiger partial charge in [0, 0.05) is 17.1 Å². The predicted molar refractivity (Wildman–Crippen MR) is 92.7 cm³/mol. The van der Waals surface area contributed by atoms with E-state index in [4.69, 9.17) is 11.6 Å². The first-order valence-corrected chi connectivity index (χ1v) is 9.16. The number of amides is 1. The molecule has 1 amide bonds. The van der Waals surface area contributed by atoms with E-state index in [0.29, 0.717) is 10.7 Å². The summed E-state index contributed by atoms with van der Waals surface area (Å²) >= 11 is 5.75. The molecule has 4 nitrogen and oxygen atoms in total. The van der Waals surface area contributed by atoms with Crippen molar-refractivity contribution in [2.45, 2.75) is 25.2 Å². The molecule has 1 N–H and O–H groups in total. The van der Waals surface area contributed by atoms with Crippen LogP contribution < -0.4 is 5.32 Å². The van der Waals surface area contributed by atoms with Crippen molar-refractivity contribution in [1.82, 2.24) is 0 Å². The summed E-state index contributed by atoms with van der Waals surface area (Å²) in [7, 11) is -3.50. The number of halogens is 1. The number of aryl methyl sites for hydroxylation is 2. The fourth-order valence-electron chi connectivity index (χ4n) is 2.07. The van der Waals surface area contributed by atoms with Gasteiger partial charge in [-0.25, -0.2) is 8.42 Å². The molecular weight excluding hydrogens is 334 g/mol. The minimum Gasteiger partial charge on any atom is -0.326 e. The highest BCUT2D eigenvalue weighted by atomic mass is 35.5. The number of sulfone groups is 1. The van der Waals surface area contributed by atoms with Gasteiger partial charge in [0.2, 0.25) is 5.91 Å². The van der Waals surface area contributed by atoms with Gasteiger partial charge in [-0.3, -0.25) is 4.79 Å². The molecule has 0 fully saturated rings. The second-order valence-electron chi connectivity index (χ2n) is 5.39. The summed E-state index contributed by atoms with van der Waals surface area (Å²) in [5.41, 5.74) is 2.67. The highest BCUT2D eigenvalue weighted by Crippen LogP contribution is 2.18.